The smallest absolute Gasteiger partial charge is 0.293 e. The zero-order valence-corrected chi connectivity index (χ0v) is 12.7. The molecule has 0 spiro atoms. The molecule has 6 heteroatoms. The average molecular weight is 309 g/mol. The molecule has 6 nitrogen and oxygen atoms in total. The van der Waals surface area contributed by atoms with Gasteiger partial charge in [-0.1, -0.05) is 29.4 Å². The van der Waals surface area contributed by atoms with Crippen molar-refractivity contribution in [1.82, 2.24) is 10.6 Å². The van der Waals surface area contributed by atoms with Crippen LogP contribution in [0.2, 0.25) is 0 Å². The van der Waals surface area contributed by atoms with E-state index in [1.54, 1.807) is 26.3 Å². The van der Waals surface area contributed by atoms with Gasteiger partial charge in [0.1, 0.15) is 11.5 Å². The van der Waals surface area contributed by atoms with E-state index in [1.165, 1.54) is 0 Å². The van der Waals surface area contributed by atoms with Crippen LogP contribution in [0.25, 0.3) is 10.8 Å². The Kier molecular flexibility index (Phi) is 4.05. The molecule has 0 saturated carbocycles. The number of hydrazone groups is 1. The van der Waals surface area contributed by atoms with Crippen LogP contribution in [0.3, 0.4) is 0 Å². The minimum atomic E-state index is -0.420. The van der Waals surface area contributed by atoms with Crippen LogP contribution in [0.1, 0.15) is 21.8 Å². The lowest BCUT2D eigenvalue weighted by molar-refractivity contribution is 0.0946. The second-order valence-electron chi connectivity index (χ2n) is 4.92. The highest BCUT2D eigenvalue weighted by atomic mass is 16.5. The summed E-state index contributed by atoms with van der Waals surface area (Å²) in [7, 11) is 1.63. The monoisotopic (exact) mass is 309 g/mol. The predicted molar refractivity (Wildman–Crippen MR) is 86.8 cm³/mol. The van der Waals surface area contributed by atoms with Crippen LogP contribution in [-0.4, -0.2) is 24.4 Å². The van der Waals surface area contributed by atoms with Crippen LogP contribution >= 0.6 is 0 Å². The van der Waals surface area contributed by atoms with Crippen molar-refractivity contribution < 1.29 is 14.1 Å². The maximum Gasteiger partial charge on any atom is 0.293 e. The number of rotatable bonds is 4. The summed E-state index contributed by atoms with van der Waals surface area (Å²) >= 11 is 0. The fraction of sp³-hybridized carbons (Fsp3) is 0.118. The molecule has 1 aromatic heterocycles. The normalized spacial score (nSPS) is 11.0. The van der Waals surface area contributed by atoms with Gasteiger partial charge in [0.2, 0.25) is 0 Å². The first-order valence-corrected chi connectivity index (χ1v) is 7.01. The highest BCUT2D eigenvalue weighted by molar-refractivity contribution is 6.02. The first-order valence-electron chi connectivity index (χ1n) is 7.01. The van der Waals surface area contributed by atoms with Gasteiger partial charge in [0, 0.05) is 17.0 Å². The molecule has 2 aromatic carbocycles. The van der Waals surface area contributed by atoms with E-state index in [2.05, 4.69) is 15.7 Å². The Labute approximate surface area is 132 Å². The molecule has 0 saturated heterocycles. The fourth-order valence-corrected chi connectivity index (χ4v) is 2.28. The largest absolute Gasteiger partial charge is 0.496 e. The van der Waals surface area contributed by atoms with Gasteiger partial charge >= 0.3 is 0 Å². The Morgan fingerprint density at radius 2 is 2.04 bits per heavy atom. The molecule has 3 aromatic rings. The van der Waals surface area contributed by atoms with Crippen molar-refractivity contribution >= 4 is 22.9 Å². The summed E-state index contributed by atoms with van der Waals surface area (Å²) in [5, 5.41) is 9.59. The number of hydrogen-bond acceptors (Lipinski definition) is 5. The van der Waals surface area contributed by atoms with Gasteiger partial charge in [0.05, 0.1) is 13.3 Å². The van der Waals surface area contributed by atoms with E-state index in [9.17, 15) is 4.79 Å². The standard InChI is InChI=1S/C17H15N3O3/c1-11-9-15(20-23-11)17(21)19-18-10-12-7-8-16(22-2)14-6-4-3-5-13(12)14/h3-10H,1-2H3,(H,19,21)/b18-10+. The lowest BCUT2D eigenvalue weighted by atomic mass is 10.0. The zero-order valence-electron chi connectivity index (χ0n) is 12.7. The first-order chi connectivity index (χ1) is 11.2. The molecule has 23 heavy (non-hydrogen) atoms. The number of methoxy groups -OCH3 is 1. The molecule has 0 atom stereocenters. The Morgan fingerprint density at radius 3 is 2.74 bits per heavy atom. The lowest BCUT2D eigenvalue weighted by Gasteiger charge is -2.07. The Hall–Kier alpha value is -3.15. The maximum absolute atomic E-state index is 11.8. The SMILES string of the molecule is COc1ccc(/C=N/NC(=O)c2cc(C)on2)c2ccccc12. The second-order valence-corrected chi connectivity index (χ2v) is 4.92. The van der Waals surface area contributed by atoms with Crippen LogP contribution in [0, 0.1) is 6.92 Å². The number of nitrogens with one attached hydrogen (secondary N) is 1. The van der Waals surface area contributed by atoms with Gasteiger partial charge in [-0.25, -0.2) is 5.43 Å². The molecular formula is C17H15N3O3. The van der Waals surface area contributed by atoms with Crippen molar-refractivity contribution in [1.29, 1.82) is 0 Å². The number of ether oxygens (including phenoxy) is 1. The molecule has 1 N–H and O–H groups in total. The van der Waals surface area contributed by atoms with E-state index in [-0.39, 0.29) is 5.69 Å². The van der Waals surface area contributed by atoms with Crippen LogP contribution < -0.4 is 10.2 Å². The molecule has 0 aliphatic carbocycles. The van der Waals surface area contributed by atoms with E-state index in [0.717, 1.165) is 22.1 Å². The molecule has 3 rings (SSSR count). The lowest BCUT2D eigenvalue weighted by Crippen LogP contribution is -2.17. The molecule has 0 radical (unpaired) electrons. The molecule has 0 unspecified atom stereocenters. The van der Waals surface area contributed by atoms with Crippen molar-refractivity contribution in [2.45, 2.75) is 6.92 Å². The topological polar surface area (TPSA) is 76.7 Å². The molecule has 1 heterocycles. The summed E-state index contributed by atoms with van der Waals surface area (Å²) in [5.41, 5.74) is 3.50. The van der Waals surface area contributed by atoms with Crippen LogP contribution in [-0.2, 0) is 0 Å². The quantitative estimate of drug-likeness (QED) is 0.594. The molecule has 1 amide bonds. The molecule has 0 aliphatic rings. The third-order valence-corrected chi connectivity index (χ3v) is 3.37. The van der Waals surface area contributed by atoms with Gasteiger partial charge in [-0.3, -0.25) is 4.79 Å². The summed E-state index contributed by atoms with van der Waals surface area (Å²) in [6.45, 7) is 1.72. The number of fused-ring (bicyclic) bond motifs is 1. The van der Waals surface area contributed by atoms with Crippen molar-refractivity contribution in [3.8, 4) is 5.75 Å². The third-order valence-electron chi connectivity index (χ3n) is 3.37. The summed E-state index contributed by atoms with van der Waals surface area (Å²) < 4.78 is 10.2. The van der Waals surface area contributed by atoms with Gasteiger partial charge in [0.15, 0.2) is 5.69 Å². The molecule has 0 fully saturated rings. The number of aryl methyl sites for hydroxylation is 1. The third kappa shape index (κ3) is 3.06. The first kappa shape index (κ1) is 14.8. The molecule has 116 valence electrons. The number of aromatic nitrogens is 1. The van der Waals surface area contributed by atoms with Gasteiger partial charge in [-0.2, -0.15) is 5.10 Å². The number of carbonyl (C=O) groups is 1. The number of amides is 1. The summed E-state index contributed by atoms with van der Waals surface area (Å²) in [4.78, 5) is 11.8. The minimum Gasteiger partial charge on any atom is -0.496 e. The van der Waals surface area contributed by atoms with Gasteiger partial charge in [0.25, 0.3) is 5.91 Å². The number of nitrogens with zero attached hydrogens (tertiary/aromatic N) is 2. The van der Waals surface area contributed by atoms with Crippen LogP contribution in [0.15, 0.2) is 52.1 Å². The Morgan fingerprint density at radius 1 is 1.26 bits per heavy atom. The summed E-state index contributed by atoms with van der Waals surface area (Å²) in [6.07, 6.45) is 1.59. The van der Waals surface area contributed by atoms with Crippen molar-refractivity contribution in [2.24, 2.45) is 5.10 Å². The Balaban J connectivity index is 1.83. The molecule has 0 bridgehead atoms. The number of benzene rings is 2. The van der Waals surface area contributed by atoms with E-state index in [1.807, 2.05) is 36.4 Å². The van der Waals surface area contributed by atoms with E-state index in [0.29, 0.717) is 5.76 Å². The van der Waals surface area contributed by atoms with Gasteiger partial charge < -0.3 is 9.26 Å². The van der Waals surface area contributed by atoms with Crippen molar-refractivity contribution in [3.63, 3.8) is 0 Å². The molecule has 0 aliphatic heterocycles. The average Bonchev–Trinajstić information content (AvgIpc) is 3.01. The van der Waals surface area contributed by atoms with Gasteiger partial charge in [-0.15, -0.1) is 0 Å². The van der Waals surface area contributed by atoms with Crippen LogP contribution in [0.5, 0.6) is 5.75 Å². The predicted octanol–water partition coefficient (Wildman–Crippen LogP) is 2.91. The van der Waals surface area contributed by atoms with E-state index >= 15 is 0 Å². The minimum absolute atomic E-state index is 0.194. The highest BCUT2D eigenvalue weighted by Gasteiger charge is 2.09. The molecular weight excluding hydrogens is 294 g/mol. The summed E-state index contributed by atoms with van der Waals surface area (Å²) in [6, 6.07) is 13.1. The van der Waals surface area contributed by atoms with Gasteiger partial charge in [-0.05, 0) is 24.4 Å². The number of carbonyl (C=O) groups excluding carboxylic acids is 1. The van der Waals surface area contributed by atoms with E-state index < -0.39 is 5.91 Å². The van der Waals surface area contributed by atoms with Crippen LogP contribution in [0.4, 0.5) is 0 Å². The fourth-order valence-electron chi connectivity index (χ4n) is 2.28. The Bertz CT molecular complexity index is 884. The second kappa shape index (κ2) is 6.31. The van der Waals surface area contributed by atoms with Crippen molar-refractivity contribution in [2.75, 3.05) is 7.11 Å². The van der Waals surface area contributed by atoms with E-state index in [4.69, 9.17) is 9.26 Å². The number of hydrogen-bond donors (Lipinski definition) is 1. The highest BCUT2D eigenvalue weighted by Crippen LogP contribution is 2.27. The maximum atomic E-state index is 11.8. The zero-order chi connectivity index (χ0) is 16.2. The summed E-state index contributed by atoms with van der Waals surface area (Å²) in [5.74, 6) is 0.941. The van der Waals surface area contributed by atoms with Crippen molar-refractivity contribution in [3.05, 3.63) is 59.5 Å².